The summed E-state index contributed by atoms with van der Waals surface area (Å²) in [6, 6.07) is 5.21. The van der Waals surface area contributed by atoms with Gasteiger partial charge >= 0.3 is 0 Å². The minimum atomic E-state index is -3.28. The summed E-state index contributed by atoms with van der Waals surface area (Å²) >= 11 is 0. The minimum Gasteiger partial charge on any atom is -0.494 e. The van der Waals surface area contributed by atoms with Gasteiger partial charge in [0.25, 0.3) is 0 Å². The zero-order chi connectivity index (χ0) is 12.5. The first-order valence-electron chi connectivity index (χ1n) is 5.77. The van der Waals surface area contributed by atoms with Crippen molar-refractivity contribution in [3.8, 4) is 5.75 Å². The van der Waals surface area contributed by atoms with E-state index in [0.717, 1.165) is 24.2 Å². The van der Waals surface area contributed by atoms with Gasteiger partial charge in [-0.05, 0) is 36.6 Å². The zero-order valence-electron chi connectivity index (χ0n) is 10.1. The van der Waals surface area contributed by atoms with Crippen molar-refractivity contribution in [2.45, 2.75) is 24.7 Å². The highest BCUT2D eigenvalue weighted by Gasteiger charge is 2.28. The van der Waals surface area contributed by atoms with Gasteiger partial charge in [0, 0.05) is 13.6 Å². The number of fused-ring (bicyclic) bond motifs is 1. The van der Waals surface area contributed by atoms with Crippen LogP contribution < -0.4 is 4.74 Å². The van der Waals surface area contributed by atoms with E-state index in [1.165, 1.54) is 4.31 Å². The van der Waals surface area contributed by atoms with Crippen LogP contribution in [-0.4, -0.2) is 32.9 Å². The van der Waals surface area contributed by atoms with Gasteiger partial charge in [-0.25, -0.2) is 12.7 Å². The topological polar surface area (TPSA) is 46.6 Å². The van der Waals surface area contributed by atoms with Crippen LogP contribution in [0, 0.1) is 0 Å². The molecule has 1 aliphatic rings. The van der Waals surface area contributed by atoms with Crippen molar-refractivity contribution in [1.29, 1.82) is 0 Å². The predicted octanol–water partition coefficient (Wildman–Crippen LogP) is 1.65. The summed E-state index contributed by atoms with van der Waals surface area (Å²) in [4.78, 5) is 0.412. The van der Waals surface area contributed by atoms with Crippen LogP contribution in [0.1, 0.15) is 18.9 Å². The minimum absolute atomic E-state index is 0.412. The van der Waals surface area contributed by atoms with Crippen molar-refractivity contribution >= 4 is 10.0 Å². The average Bonchev–Trinajstić information content (AvgIpc) is 2.31. The Labute approximate surface area is 102 Å². The van der Waals surface area contributed by atoms with Gasteiger partial charge in [-0.1, -0.05) is 6.92 Å². The Bertz CT molecular complexity index is 510. The van der Waals surface area contributed by atoms with Crippen molar-refractivity contribution in [3.05, 3.63) is 23.8 Å². The van der Waals surface area contributed by atoms with E-state index >= 15 is 0 Å². The molecule has 2 rings (SSSR count). The smallest absolute Gasteiger partial charge is 0.243 e. The molecule has 0 saturated heterocycles. The van der Waals surface area contributed by atoms with Crippen LogP contribution >= 0.6 is 0 Å². The number of hydrogen-bond acceptors (Lipinski definition) is 3. The number of hydrogen-bond donors (Lipinski definition) is 0. The number of sulfonamides is 1. The van der Waals surface area contributed by atoms with Gasteiger partial charge in [0.2, 0.25) is 10.0 Å². The van der Waals surface area contributed by atoms with Crippen molar-refractivity contribution in [2.75, 3.05) is 20.2 Å². The van der Waals surface area contributed by atoms with Crippen LogP contribution in [0.3, 0.4) is 0 Å². The second-order valence-corrected chi connectivity index (χ2v) is 6.21. The Balaban J connectivity index is 2.35. The third kappa shape index (κ3) is 2.30. The molecule has 1 heterocycles. The van der Waals surface area contributed by atoms with Gasteiger partial charge in [-0.2, -0.15) is 0 Å². The molecular formula is C12H17NO3S. The molecule has 0 atom stereocenters. The third-order valence-electron chi connectivity index (χ3n) is 2.89. The number of benzene rings is 1. The fraction of sp³-hybridized carbons (Fsp3) is 0.500. The van der Waals surface area contributed by atoms with Crippen LogP contribution in [0.15, 0.2) is 23.1 Å². The quantitative estimate of drug-likeness (QED) is 0.825. The van der Waals surface area contributed by atoms with Gasteiger partial charge < -0.3 is 4.74 Å². The first-order valence-corrected chi connectivity index (χ1v) is 7.22. The van der Waals surface area contributed by atoms with E-state index in [0.29, 0.717) is 18.0 Å². The molecule has 0 saturated carbocycles. The molecule has 0 N–H and O–H groups in total. The molecule has 0 amide bonds. The van der Waals surface area contributed by atoms with E-state index in [4.69, 9.17) is 4.74 Å². The summed E-state index contributed by atoms with van der Waals surface area (Å²) in [6.07, 6.45) is 1.69. The van der Waals surface area contributed by atoms with E-state index in [1.807, 2.05) is 13.0 Å². The Kier molecular flexibility index (Phi) is 3.40. The molecule has 0 aliphatic carbocycles. The number of rotatable bonds is 3. The van der Waals surface area contributed by atoms with E-state index in [2.05, 4.69) is 0 Å². The van der Waals surface area contributed by atoms with Crippen molar-refractivity contribution in [3.63, 3.8) is 0 Å². The van der Waals surface area contributed by atoms with Gasteiger partial charge in [0.1, 0.15) is 5.75 Å². The van der Waals surface area contributed by atoms with E-state index in [9.17, 15) is 8.42 Å². The predicted molar refractivity (Wildman–Crippen MR) is 65.7 cm³/mol. The van der Waals surface area contributed by atoms with Crippen molar-refractivity contribution in [1.82, 2.24) is 4.31 Å². The van der Waals surface area contributed by atoms with Gasteiger partial charge in [0.05, 0.1) is 11.5 Å². The zero-order valence-corrected chi connectivity index (χ0v) is 11.0. The first-order chi connectivity index (χ1) is 8.05. The Morgan fingerprint density at radius 1 is 1.41 bits per heavy atom. The molecule has 0 bridgehead atoms. The molecule has 0 spiro atoms. The fourth-order valence-electron chi connectivity index (χ4n) is 1.88. The molecule has 4 nitrogen and oxygen atoms in total. The van der Waals surface area contributed by atoms with Crippen LogP contribution in [0.25, 0.3) is 0 Å². The highest BCUT2D eigenvalue weighted by atomic mass is 32.2. The molecule has 5 heteroatoms. The maximum Gasteiger partial charge on any atom is 0.243 e. The lowest BCUT2D eigenvalue weighted by Crippen LogP contribution is -2.33. The monoisotopic (exact) mass is 255 g/mol. The molecule has 0 radical (unpaired) electrons. The van der Waals surface area contributed by atoms with Crippen molar-refractivity contribution < 1.29 is 13.2 Å². The molecule has 17 heavy (non-hydrogen) atoms. The lowest BCUT2D eigenvalue weighted by atomic mass is 10.1. The lowest BCUT2D eigenvalue weighted by molar-refractivity contribution is 0.316. The fourth-order valence-corrected chi connectivity index (χ4v) is 3.28. The summed E-state index contributed by atoms with van der Waals surface area (Å²) < 4.78 is 30.9. The second-order valence-electron chi connectivity index (χ2n) is 4.19. The maximum atomic E-state index is 12.0. The normalized spacial score (nSPS) is 18.7. The summed E-state index contributed by atoms with van der Waals surface area (Å²) in [6.45, 7) is 3.23. The third-order valence-corrected chi connectivity index (χ3v) is 4.85. The summed E-state index contributed by atoms with van der Waals surface area (Å²) in [7, 11) is -1.67. The molecule has 1 aromatic rings. The summed E-state index contributed by atoms with van der Waals surface area (Å²) in [5, 5.41) is 0. The molecule has 1 aromatic carbocycles. The number of nitrogens with zero attached hydrogens (tertiary/aromatic N) is 1. The summed E-state index contributed by atoms with van der Waals surface area (Å²) in [5.41, 5.74) is 0.858. The van der Waals surface area contributed by atoms with Crippen LogP contribution in [-0.2, 0) is 16.4 Å². The highest BCUT2D eigenvalue weighted by molar-refractivity contribution is 7.89. The Morgan fingerprint density at radius 2 is 2.18 bits per heavy atom. The molecule has 1 aliphatic heterocycles. The van der Waals surface area contributed by atoms with Crippen LogP contribution in [0.2, 0.25) is 0 Å². The molecule has 0 unspecified atom stereocenters. The number of ether oxygens (including phenoxy) is 1. The SMILES string of the molecule is CCCOc1ccc2c(c1)CCN(C)S2(=O)=O. The number of likely N-dealkylation sites (N-methyl/N-ethyl adjacent to an activating group) is 1. The standard InChI is InChI=1S/C12H17NO3S/c1-3-8-16-11-4-5-12-10(9-11)6-7-13(2)17(12,14)15/h4-5,9H,3,6-8H2,1-2H3. The second kappa shape index (κ2) is 4.66. The van der Waals surface area contributed by atoms with Crippen LogP contribution in [0.4, 0.5) is 0 Å². The molecule has 94 valence electrons. The highest BCUT2D eigenvalue weighted by Crippen LogP contribution is 2.28. The Hall–Kier alpha value is -1.07. The average molecular weight is 255 g/mol. The van der Waals surface area contributed by atoms with Gasteiger partial charge in [0.15, 0.2) is 0 Å². The van der Waals surface area contributed by atoms with Crippen LogP contribution in [0.5, 0.6) is 5.75 Å². The van der Waals surface area contributed by atoms with Crippen molar-refractivity contribution in [2.24, 2.45) is 0 Å². The lowest BCUT2D eigenvalue weighted by Gasteiger charge is -2.25. The molecule has 0 aromatic heterocycles. The Morgan fingerprint density at radius 3 is 2.88 bits per heavy atom. The molecular weight excluding hydrogens is 238 g/mol. The van der Waals surface area contributed by atoms with E-state index in [1.54, 1.807) is 19.2 Å². The first kappa shape index (κ1) is 12.4. The van der Waals surface area contributed by atoms with E-state index in [-0.39, 0.29) is 0 Å². The summed E-state index contributed by atoms with van der Waals surface area (Å²) in [5.74, 6) is 0.755. The maximum absolute atomic E-state index is 12.0. The van der Waals surface area contributed by atoms with E-state index < -0.39 is 10.0 Å². The largest absolute Gasteiger partial charge is 0.494 e. The molecule has 0 fully saturated rings. The van der Waals surface area contributed by atoms with Gasteiger partial charge in [-0.3, -0.25) is 0 Å². The van der Waals surface area contributed by atoms with Gasteiger partial charge in [-0.15, -0.1) is 0 Å².